The van der Waals surface area contributed by atoms with E-state index in [9.17, 15) is 0 Å². The summed E-state index contributed by atoms with van der Waals surface area (Å²) >= 11 is 1.83. The van der Waals surface area contributed by atoms with Gasteiger partial charge in [0.1, 0.15) is 0 Å². The van der Waals surface area contributed by atoms with Gasteiger partial charge in [-0.1, -0.05) is 108 Å². The third kappa shape index (κ3) is 8.37. The van der Waals surface area contributed by atoms with Gasteiger partial charge in [-0.15, -0.1) is 0 Å². The number of benzene rings is 2. The summed E-state index contributed by atoms with van der Waals surface area (Å²) in [6.45, 7) is 15.8. The first-order chi connectivity index (χ1) is 16.9. The molecule has 2 aromatic rings. The van der Waals surface area contributed by atoms with Crippen molar-refractivity contribution in [3.63, 3.8) is 0 Å². The van der Waals surface area contributed by atoms with Gasteiger partial charge in [-0.05, 0) is 84.2 Å². The molecule has 0 amide bonds. The van der Waals surface area contributed by atoms with E-state index in [-0.39, 0.29) is 0 Å². The van der Waals surface area contributed by atoms with Gasteiger partial charge in [0.2, 0.25) is 0 Å². The molecule has 0 bridgehead atoms. The van der Waals surface area contributed by atoms with Crippen molar-refractivity contribution in [2.24, 2.45) is 0 Å². The minimum atomic E-state index is 0.295. The van der Waals surface area contributed by atoms with Crippen LogP contribution in [0.1, 0.15) is 113 Å². The smallest absolute Gasteiger partial charge is 0.0456 e. The number of rotatable bonds is 13. The fourth-order valence-corrected chi connectivity index (χ4v) is 5.86. The highest BCUT2D eigenvalue weighted by Crippen LogP contribution is 2.37. The summed E-state index contributed by atoms with van der Waals surface area (Å²) in [5.74, 6) is 1.55. The lowest BCUT2D eigenvalue weighted by molar-refractivity contribution is 0.519. The zero-order valence-corrected chi connectivity index (χ0v) is 23.6. The Morgan fingerprint density at radius 1 is 0.829 bits per heavy atom. The van der Waals surface area contributed by atoms with Crippen LogP contribution in [0.15, 0.2) is 71.2 Å². The van der Waals surface area contributed by atoms with Crippen molar-refractivity contribution in [2.75, 3.05) is 13.1 Å². The van der Waals surface area contributed by atoms with E-state index < -0.39 is 0 Å². The predicted molar refractivity (Wildman–Crippen MR) is 155 cm³/mol. The highest BCUT2D eigenvalue weighted by atomic mass is 32.2. The van der Waals surface area contributed by atoms with Gasteiger partial charge in [0, 0.05) is 17.5 Å². The van der Waals surface area contributed by atoms with Crippen LogP contribution in [0, 0.1) is 0 Å². The van der Waals surface area contributed by atoms with Crippen molar-refractivity contribution in [1.29, 1.82) is 0 Å². The molecule has 2 aromatic carbocycles. The van der Waals surface area contributed by atoms with Gasteiger partial charge < -0.3 is 5.32 Å². The Labute approximate surface area is 219 Å². The second-order valence-corrected chi connectivity index (χ2v) is 11.6. The molecule has 0 aromatic heterocycles. The topological polar surface area (TPSA) is 24.1 Å². The van der Waals surface area contributed by atoms with E-state index in [2.05, 4.69) is 112 Å². The molecular weight excluding hydrogens is 444 g/mol. The fourth-order valence-electron chi connectivity index (χ4n) is 4.64. The van der Waals surface area contributed by atoms with Gasteiger partial charge >= 0.3 is 0 Å². The molecule has 0 saturated heterocycles. The molecule has 0 fully saturated rings. The Bertz CT molecular complexity index is 943. The van der Waals surface area contributed by atoms with Gasteiger partial charge in [0.05, 0.1) is 0 Å². The standard InChI is InChI=1S/C32H46N2S/c1-23(2)28-20-29(24(3)4)32(30(21-28)25(5)6)35-34-22-31(27-17-11-8-12-18-27)33-19-13-16-26-14-9-7-10-15-26/h7-9,11-12,15,17-18,20-21,23-25,31,33-34H,10,13-14,16,19,22H2,1-6H3. The van der Waals surface area contributed by atoms with E-state index in [0.717, 1.165) is 25.9 Å². The molecule has 1 unspecified atom stereocenters. The van der Waals surface area contributed by atoms with Crippen LogP contribution in [0.25, 0.3) is 0 Å². The second-order valence-electron chi connectivity index (χ2n) is 10.7. The number of allylic oxidation sites excluding steroid dienone is 4. The van der Waals surface area contributed by atoms with Gasteiger partial charge in [-0.3, -0.25) is 4.72 Å². The van der Waals surface area contributed by atoms with Crippen molar-refractivity contribution < 1.29 is 0 Å². The van der Waals surface area contributed by atoms with Crippen LogP contribution in [0.2, 0.25) is 0 Å². The Hall–Kier alpha value is -1.81. The molecule has 0 saturated carbocycles. The molecule has 190 valence electrons. The lowest BCUT2D eigenvalue weighted by Gasteiger charge is -2.24. The van der Waals surface area contributed by atoms with Crippen LogP contribution in [-0.4, -0.2) is 13.1 Å². The first-order valence-corrected chi connectivity index (χ1v) is 14.4. The molecule has 3 rings (SSSR count). The summed E-state index contributed by atoms with van der Waals surface area (Å²) in [5.41, 5.74) is 7.33. The van der Waals surface area contributed by atoms with E-state index in [1.165, 1.54) is 40.0 Å². The average Bonchev–Trinajstić information content (AvgIpc) is 2.86. The van der Waals surface area contributed by atoms with Crippen molar-refractivity contribution in [3.05, 3.63) is 88.5 Å². The summed E-state index contributed by atoms with van der Waals surface area (Å²) in [7, 11) is 0. The summed E-state index contributed by atoms with van der Waals surface area (Å²) in [4.78, 5) is 1.42. The molecule has 2 nitrogen and oxygen atoms in total. The van der Waals surface area contributed by atoms with Crippen LogP contribution in [0.3, 0.4) is 0 Å². The third-order valence-electron chi connectivity index (χ3n) is 6.90. The van der Waals surface area contributed by atoms with Crippen LogP contribution in [0.4, 0.5) is 0 Å². The van der Waals surface area contributed by atoms with Crippen LogP contribution >= 0.6 is 11.9 Å². The molecule has 0 spiro atoms. The van der Waals surface area contributed by atoms with Gasteiger partial charge in [-0.2, -0.15) is 0 Å². The number of nitrogens with one attached hydrogen (secondary N) is 2. The molecule has 1 atom stereocenters. The Morgan fingerprint density at radius 3 is 2.09 bits per heavy atom. The highest BCUT2D eigenvalue weighted by molar-refractivity contribution is 7.97. The van der Waals surface area contributed by atoms with E-state index in [1.54, 1.807) is 5.57 Å². The Kier molecular flexibility index (Phi) is 11.2. The molecule has 35 heavy (non-hydrogen) atoms. The molecule has 1 aliphatic carbocycles. The SMILES string of the molecule is CC(C)c1cc(C(C)C)c(SNCC(NCCCC2=CCC=CC2)c2ccccc2)c(C(C)C)c1. The van der Waals surface area contributed by atoms with Gasteiger partial charge in [0.25, 0.3) is 0 Å². The Morgan fingerprint density at radius 2 is 1.51 bits per heavy atom. The summed E-state index contributed by atoms with van der Waals surface area (Å²) in [5, 5.41) is 3.84. The van der Waals surface area contributed by atoms with E-state index in [1.807, 2.05) is 11.9 Å². The maximum Gasteiger partial charge on any atom is 0.0456 e. The maximum absolute atomic E-state index is 3.84. The minimum absolute atomic E-state index is 0.295. The second kappa shape index (κ2) is 14.1. The average molecular weight is 491 g/mol. The Balaban J connectivity index is 1.67. The van der Waals surface area contributed by atoms with Gasteiger partial charge in [-0.25, -0.2) is 0 Å². The summed E-state index contributed by atoms with van der Waals surface area (Å²) in [6, 6.07) is 16.1. The number of hydrogen-bond acceptors (Lipinski definition) is 3. The normalized spacial score (nSPS) is 14.7. The molecule has 2 N–H and O–H groups in total. The third-order valence-corrected chi connectivity index (χ3v) is 7.88. The largest absolute Gasteiger partial charge is 0.309 e. The van der Waals surface area contributed by atoms with Crippen molar-refractivity contribution in [2.45, 2.75) is 95.9 Å². The predicted octanol–water partition coefficient (Wildman–Crippen LogP) is 9.04. The fraction of sp³-hybridized carbons (Fsp3) is 0.500. The van der Waals surface area contributed by atoms with Crippen molar-refractivity contribution in [1.82, 2.24) is 10.0 Å². The molecule has 0 heterocycles. The maximum atomic E-state index is 3.84. The molecule has 1 aliphatic rings. The molecule has 3 heteroatoms. The van der Waals surface area contributed by atoms with Gasteiger partial charge in [0.15, 0.2) is 0 Å². The zero-order chi connectivity index (χ0) is 25.2. The molecule has 0 radical (unpaired) electrons. The number of hydrogen-bond donors (Lipinski definition) is 2. The lowest BCUT2D eigenvalue weighted by Crippen LogP contribution is -2.30. The van der Waals surface area contributed by atoms with E-state index in [4.69, 9.17) is 0 Å². The van der Waals surface area contributed by atoms with E-state index in [0.29, 0.717) is 23.8 Å². The van der Waals surface area contributed by atoms with Crippen LogP contribution < -0.4 is 10.0 Å². The van der Waals surface area contributed by atoms with E-state index >= 15 is 0 Å². The lowest BCUT2D eigenvalue weighted by atomic mass is 9.89. The van der Waals surface area contributed by atoms with Crippen molar-refractivity contribution >= 4 is 11.9 Å². The quantitative estimate of drug-likeness (QED) is 0.166. The monoisotopic (exact) mass is 490 g/mol. The van der Waals surface area contributed by atoms with Crippen molar-refractivity contribution in [3.8, 4) is 0 Å². The summed E-state index contributed by atoms with van der Waals surface area (Å²) in [6.07, 6.45) is 11.6. The molecule has 0 aliphatic heterocycles. The first-order valence-electron chi connectivity index (χ1n) is 13.6. The molecular formula is C32H46N2S. The first kappa shape index (κ1) is 27.8. The van der Waals surface area contributed by atoms with Crippen LogP contribution in [-0.2, 0) is 0 Å². The summed E-state index contributed by atoms with van der Waals surface area (Å²) < 4.78 is 3.76. The highest BCUT2D eigenvalue weighted by Gasteiger charge is 2.19. The van der Waals surface area contributed by atoms with Crippen LogP contribution in [0.5, 0.6) is 0 Å². The zero-order valence-electron chi connectivity index (χ0n) is 22.7. The minimum Gasteiger partial charge on any atom is -0.309 e.